The molecule has 0 radical (unpaired) electrons. The first-order valence-electron chi connectivity index (χ1n) is 13.2. The van der Waals surface area contributed by atoms with Crippen molar-refractivity contribution in [2.45, 2.75) is 64.3 Å². The van der Waals surface area contributed by atoms with Gasteiger partial charge in [0.05, 0.1) is 6.10 Å². The number of rotatable bonds is 8. The quantitative estimate of drug-likeness (QED) is 0.633. The largest absolute Gasteiger partial charge is 0.489 e. The van der Waals surface area contributed by atoms with Gasteiger partial charge in [0, 0.05) is 44.3 Å². The average molecular weight is 466 g/mol. The SMILES string of the molecule is CCCc1ccc(OCc2ccccc2)c(CN2CC[C@H](O)[C@@H](N3CCCN(C)CC3)CC2)c1. The lowest BCUT2D eigenvalue weighted by atomic mass is 10.0. The minimum Gasteiger partial charge on any atom is -0.489 e. The summed E-state index contributed by atoms with van der Waals surface area (Å²) in [5.41, 5.74) is 3.84. The summed E-state index contributed by atoms with van der Waals surface area (Å²) >= 11 is 0. The van der Waals surface area contributed by atoms with Crippen LogP contribution in [-0.2, 0) is 19.6 Å². The molecule has 0 aromatic heterocycles. The van der Waals surface area contributed by atoms with Gasteiger partial charge in [-0.2, -0.15) is 0 Å². The van der Waals surface area contributed by atoms with Crippen LogP contribution in [0.4, 0.5) is 0 Å². The number of nitrogens with zero attached hydrogens (tertiary/aromatic N) is 3. The lowest BCUT2D eigenvalue weighted by Crippen LogP contribution is -2.45. The Bertz CT molecular complexity index is 875. The van der Waals surface area contributed by atoms with Crippen LogP contribution in [-0.4, -0.2) is 78.3 Å². The maximum absolute atomic E-state index is 11.0. The number of likely N-dealkylation sites (tertiary alicyclic amines) is 1. The number of hydrogen-bond acceptors (Lipinski definition) is 5. The van der Waals surface area contributed by atoms with Crippen LogP contribution in [0.2, 0.25) is 0 Å². The lowest BCUT2D eigenvalue weighted by Gasteiger charge is -2.32. The van der Waals surface area contributed by atoms with Gasteiger partial charge in [0.2, 0.25) is 0 Å². The first kappa shape index (κ1) is 25.2. The van der Waals surface area contributed by atoms with Crippen molar-refractivity contribution in [3.63, 3.8) is 0 Å². The van der Waals surface area contributed by atoms with E-state index in [2.05, 4.69) is 71.1 Å². The maximum atomic E-state index is 11.0. The smallest absolute Gasteiger partial charge is 0.124 e. The molecule has 2 aromatic rings. The van der Waals surface area contributed by atoms with Gasteiger partial charge in [-0.1, -0.05) is 55.8 Å². The highest BCUT2D eigenvalue weighted by Crippen LogP contribution is 2.26. The van der Waals surface area contributed by atoms with Crippen molar-refractivity contribution in [2.24, 2.45) is 0 Å². The van der Waals surface area contributed by atoms with E-state index >= 15 is 0 Å². The molecule has 0 bridgehead atoms. The van der Waals surface area contributed by atoms with Gasteiger partial charge in [0.15, 0.2) is 0 Å². The summed E-state index contributed by atoms with van der Waals surface area (Å²) in [5, 5.41) is 11.0. The number of aryl methyl sites for hydroxylation is 1. The Balaban J connectivity index is 1.42. The molecule has 1 N–H and O–H groups in total. The maximum Gasteiger partial charge on any atom is 0.124 e. The second-order valence-corrected chi connectivity index (χ2v) is 10.1. The predicted molar refractivity (Wildman–Crippen MR) is 139 cm³/mol. The summed E-state index contributed by atoms with van der Waals surface area (Å²) in [6.45, 7) is 10.1. The third-order valence-corrected chi connectivity index (χ3v) is 7.44. The van der Waals surface area contributed by atoms with Gasteiger partial charge < -0.3 is 14.7 Å². The van der Waals surface area contributed by atoms with Crippen LogP contribution >= 0.6 is 0 Å². The van der Waals surface area contributed by atoms with Crippen LogP contribution in [0.25, 0.3) is 0 Å². The Morgan fingerprint density at radius 1 is 0.912 bits per heavy atom. The Kier molecular flexibility index (Phi) is 9.40. The summed E-state index contributed by atoms with van der Waals surface area (Å²) in [4.78, 5) is 7.48. The van der Waals surface area contributed by atoms with E-state index in [4.69, 9.17) is 4.74 Å². The minimum absolute atomic E-state index is 0.242. The minimum atomic E-state index is -0.242. The predicted octanol–water partition coefficient (Wildman–Crippen LogP) is 4.18. The number of aliphatic hydroxyl groups excluding tert-OH is 1. The van der Waals surface area contributed by atoms with Crippen LogP contribution in [0, 0.1) is 0 Å². The molecule has 2 atom stereocenters. The highest BCUT2D eigenvalue weighted by molar-refractivity contribution is 5.38. The van der Waals surface area contributed by atoms with Crippen molar-refractivity contribution in [1.29, 1.82) is 0 Å². The van der Waals surface area contributed by atoms with Crippen LogP contribution < -0.4 is 4.74 Å². The molecule has 0 unspecified atom stereocenters. The van der Waals surface area contributed by atoms with Crippen molar-refractivity contribution >= 4 is 0 Å². The molecule has 2 aliphatic rings. The Hall–Kier alpha value is -1.92. The first-order chi connectivity index (χ1) is 16.6. The van der Waals surface area contributed by atoms with Gasteiger partial charge in [-0.05, 0) is 63.0 Å². The molecule has 4 rings (SSSR count). The number of benzene rings is 2. The fourth-order valence-electron chi connectivity index (χ4n) is 5.43. The summed E-state index contributed by atoms with van der Waals surface area (Å²) in [7, 11) is 2.21. The summed E-state index contributed by atoms with van der Waals surface area (Å²) in [5.74, 6) is 0.987. The van der Waals surface area contributed by atoms with E-state index in [1.54, 1.807) is 0 Å². The number of likely N-dealkylation sites (N-methyl/N-ethyl adjacent to an activating group) is 1. The molecule has 2 heterocycles. The molecule has 2 aliphatic heterocycles. The Morgan fingerprint density at radius 3 is 2.56 bits per heavy atom. The standard InChI is InChI=1S/C29H43N3O2/c1-3-8-24-11-12-29(34-23-25-9-5-4-6-10-25)26(21-24)22-31-17-13-27(28(33)14-18-31)32-16-7-15-30(2)19-20-32/h4-6,9-12,21,27-28,33H,3,7-8,13-20,22-23H2,1-2H3/t27-,28-/m0/s1. The molecular weight excluding hydrogens is 422 g/mol. The second kappa shape index (κ2) is 12.7. The molecule has 5 nitrogen and oxygen atoms in total. The van der Waals surface area contributed by atoms with Crippen LogP contribution in [0.3, 0.4) is 0 Å². The zero-order valence-electron chi connectivity index (χ0n) is 21.2. The van der Waals surface area contributed by atoms with E-state index in [0.29, 0.717) is 6.61 Å². The third kappa shape index (κ3) is 7.05. The zero-order valence-corrected chi connectivity index (χ0v) is 21.2. The van der Waals surface area contributed by atoms with E-state index in [0.717, 1.165) is 77.2 Å². The van der Waals surface area contributed by atoms with Gasteiger partial charge >= 0.3 is 0 Å². The zero-order chi connectivity index (χ0) is 23.8. The average Bonchev–Trinajstić information content (AvgIpc) is 3.17. The van der Waals surface area contributed by atoms with Crippen molar-refractivity contribution in [1.82, 2.24) is 14.7 Å². The summed E-state index contributed by atoms with van der Waals surface area (Å²) < 4.78 is 6.30. The van der Waals surface area contributed by atoms with Crippen LogP contribution in [0.15, 0.2) is 48.5 Å². The lowest BCUT2D eigenvalue weighted by molar-refractivity contribution is 0.0491. The van der Waals surface area contributed by atoms with Gasteiger partial charge in [-0.25, -0.2) is 0 Å². The Labute approximate surface area is 206 Å². The molecule has 34 heavy (non-hydrogen) atoms. The fourth-order valence-corrected chi connectivity index (χ4v) is 5.43. The molecule has 2 aromatic carbocycles. The summed E-state index contributed by atoms with van der Waals surface area (Å²) in [6.07, 6.45) is 5.05. The number of ether oxygens (including phenoxy) is 1. The fraction of sp³-hybridized carbons (Fsp3) is 0.586. The topological polar surface area (TPSA) is 39.2 Å². The molecular formula is C29H43N3O2. The van der Waals surface area contributed by atoms with Gasteiger partial charge in [0.25, 0.3) is 0 Å². The van der Waals surface area contributed by atoms with Crippen molar-refractivity contribution < 1.29 is 9.84 Å². The molecule has 186 valence electrons. The van der Waals surface area contributed by atoms with E-state index in [-0.39, 0.29) is 12.1 Å². The Morgan fingerprint density at radius 2 is 1.74 bits per heavy atom. The highest BCUT2D eigenvalue weighted by Gasteiger charge is 2.30. The molecule has 2 fully saturated rings. The number of aliphatic hydroxyl groups is 1. The van der Waals surface area contributed by atoms with Gasteiger partial charge in [-0.15, -0.1) is 0 Å². The molecule has 0 aliphatic carbocycles. The van der Waals surface area contributed by atoms with E-state index < -0.39 is 0 Å². The summed E-state index contributed by atoms with van der Waals surface area (Å²) in [6, 6.07) is 17.4. The third-order valence-electron chi connectivity index (χ3n) is 7.44. The highest BCUT2D eigenvalue weighted by atomic mass is 16.5. The second-order valence-electron chi connectivity index (χ2n) is 10.1. The van der Waals surface area contributed by atoms with Crippen molar-refractivity contribution in [2.75, 3.05) is 46.3 Å². The van der Waals surface area contributed by atoms with Gasteiger partial charge in [0.1, 0.15) is 12.4 Å². The van der Waals surface area contributed by atoms with Gasteiger partial charge in [-0.3, -0.25) is 9.80 Å². The monoisotopic (exact) mass is 465 g/mol. The molecule has 0 saturated carbocycles. The van der Waals surface area contributed by atoms with Crippen LogP contribution in [0.1, 0.15) is 49.3 Å². The normalized spacial score (nSPS) is 23.4. The molecule has 0 spiro atoms. The van der Waals surface area contributed by atoms with E-state index in [9.17, 15) is 5.11 Å². The number of hydrogen-bond donors (Lipinski definition) is 1. The molecule has 2 saturated heterocycles. The molecule has 5 heteroatoms. The first-order valence-corrected chi connectivity index (χ1v) is 13.2. The van der Waals surface area contributed by atoms with Crippen molar-refractivity contribution in [3.05, 3.63) is 65.2 Å². The van der Waals surface area contributed by atoms with Crippen LogP contribution in [0.5, 0.6) is 5.75 Å². The van der Waals surface area contributed by atoms with Crippen molar-refractivity contribution in [3.8, 4) is 5.75 Å². The molecule has 0 amide bonds. The van der Waals surface area contributed by atoms with E-state index in [1.807, 2.05) is 6.07 Å². The van der Waals surface area contributed by atoms with E-state index in [1.165, 1.54) is 23.1 Å².